The van der Waals surface area contributed by atoms with E-state index in [0.29, 0.717) is 5.56 Å². The molecule has 0 spiro atoms. The molecule has 17 heavy (non-hydrogen) atoms. The highest BCUT2D eigenvalue weighted by Gasteiger charge is 2.35. The summed E-state index contributed by atoms with van der Waals surface area (Å²) in [4.78, 5) is 27.9. The Balaban J connectivity index is 2.98. The molecule has 1 N–H and O–H groups in total. The Morgan fingerprint density at radius 3 is 2.41 bits per heavy atom. The Hall–Kier alpha value is -1.62. The maximum Gasteiger partial charge on any atom is 0.329 e. The average Bonchev–Trinajstić information content (AvgIpc) is 2.27. The van der Waals surface area contributed by atoms with Gasteiger partial charge in [0.1, 0.15) is 10.7 Å². The lowest BCUT2D eigenvalue weighted by molar-refractivity contribution is -0.147. The predicted molar refractivity (Wildman–Crippen MR) is 63.1 cm³/mol. The molecule has 1 aromatic heterocycles. The van der Waals surface area contributed by atoms with Gasteiger partial charge in [0.25, 0.3) is 5.91 Å². The average molecular weight is 257 g/mol. The molecule has 0 atom stereocenters. The second-order valence-corrected chi connectivity index (χ2v) is 4.49. The number of carboxylic acids is 1. The van der Waals surface area contributed by atoms with Crippen LogP contribution >= 0.6 is 11.6 Å². The van der Waals surface area contributed by atoms with Gasteiger partial charge < -0.3 is 10.0 Å². The molecule has 1 amide bonds. The summed E-state index contributed by atoms with van der Waals surface area (Å²) >= 11 is 5.61. The summed E-state index contributed by atoms with van der Waals surface area (Å²) < 4.78 is 0. The summed E-state index contributed by atoms with van der Waals surface area (Å²) in [5.41, 5.74) is -0.984. The molecule has 0 unspecified atom stereocenters. The predicted octanol–water partition coefficient (Wildman–Crippen LogP) is 1.67. The quantitative estimate of drug-likeness (QED) is 0.835. The van der Waals surface area contributed by atoms with Crippen molar-refractivity contribution in [3.8, 4) is 0 Å². The van der Waals surface area contributed by atoms with Gasteiger partial charge in [0.2, 0.25) is 0 Å². The number of aromatic nitrogens is 1. The van der Waals surface area contributed by atoms with Crippen LogP contribution in [-0.4, -0.2) is 39.5 Å². The molecule has 92 valence electrons. The van der Waals surface area contributed by atoms with Crippen LogP contribution in [0.2, 0.25) is 5.15 Å². The van der Waals surface area contributed by atoms with E-state index in [2.05, 4.69) is 4.98 Å². The zero-order chi connectivity index (χ0) is 13.2. The van der Waals surface area contributed by atoms with E-state index >= 15 is 0 Å². The monoisotopic (exact) mass is 256 g/mol. The number of carbonyl (C=O) groups is 2. The number of nitrogens with zero attached hydrogens (tertiary/aromatic N) is 2. The van der Waals surface area contributed by atoms with Gasteiger partial charge in [0.05, 0.1) is 5.56 Å². The number of rotatable bonds is 3. The third-order valence-electron chi connectivity index (χ3n) is 2.64. The fourth-order valence-corrected chi connectivity index (χ4v) is 1.21. The molecule has 0 aromatic carbocycles. The second-order valence-electron chi connectivity index (χ2n) is 4.10. The van der Waals surface area contributed by atoms with Crippen LogP contribution in [0, 0.1) is 0 Å². The van der Waals surface area contributed by atoms with Gasteiger partial charge in [-0.25, -0.2) is 9.78 Å². The summed E-state index contributed by atoms with van der Waals surface area (Å²) in [7, 11) is 1.44. The number of carbonyl (C=O) groups excluding carboxylic acids is 1. The first kappa shape index (κ1) is 13.4. The third kappa shape index (κ3) is 2.74. The summed E-state index contributed by atoms with van der Waals surface area (Å²) in [6.45, 7) is 2.91. The molecule has 0 aliphatic heterocycles. The van der Waals surface area contributed by atoms with E-state index in [9.17, 15) is 9.59 Å². The topological polar surface area (TPSA) is 70.5 Å². The van der Waals surface area contributed by atoms with Crippen molar-refractivity contribution < 1.29 is 14.7 Å². The number of aliphatic carboxylic acids is 1. The standard InChI is InChI=1S/C11H13ClN2O3/c1-11(2,10(16)17)14(3)9(15)7-4-5-8(12)13-6-7/h4-6H,1-3H3,(H,16,17). The Morgan fingerprint density at radius 2 is 2.00 bits per heavy atom. The maximum atomic E-state index is 12.0. The van der Waals surface area contributed by atoms with E-state index in [-0.39, 0.29) is 5.15 Å². The van der Waals surface area contributed by atoms with Crippen LogP contribution in [-0.2, 0) is 4.79 Å². The molecule has 0 bridgehead atoms. The van der Waals surface area contributed by atoms with Crippen molar-refractivity contribution in [3.63, 3.8) is 0 Å². The van der Waals surface area contributed by atoms with Crippen molar-refractivity contribution in [3.05, 3.63) is 29.0 Å². The summed E-state index contributed by atoms with van der Waals surface area (Å²) in [5.74, 6) is -1.49. The molecule has 0 saturated heterocycles. The van der Waals surface area contributed by atoms with Gasteiger partial charge in [-0.2, -0.15) is 0 Å². The molecule has 0 aliphatic rings. The van der Waals surface area contributed by atoms with Crippen LogP contribution in [0.5, 0.6) is 0 Å². The number of amides is 1. The Morgan fingerprint density at radius 1 is 1.41 bits per heavy atom. The lowest BCUT2D eigenvalue weighted by Crippen LogP contribution is -2.50. The van der Waals surface area contributed by atoms with E-state index in [1.54, 1.807) is 0 Å². The van der Waals surface area contributed by atoms with Crippen molar-refractivity contribution in [2.45, 2.75) is 19.4 Å². The largest absolute Gasteiger partial charge is 0.480 e. The van der Waals surface area contributed by atoms with Gasteiger partial charge in [-0.05, 0) is 26.0 Å². The zero-order valence-corrected chi connectivity index (χ0v) is 10.5. The van der Waals surface area contributed by atoms with Crippen LogP contribution in [0.4, 0.5) is 0 Å². The van der Waals surface area contributed by atoms with Gasteiger partial charge in [-0.3, -0.25) is 4.79 Å². The van der Waals surface area contributed by atoms with Crippen LogP contribution in [0.1, 0.15) is 24.2 Å². The molecule has 1 rings (SSSR count). The molecule has 1 aromatic rings. The van der Waals surface area contributed by atoms with E-state index in [0.717, 1.165) is 4.90 Å². The fourth-order valence-electron chi connectivity index (χ4n) is 1.09. The summed E-state index contributed by atoms with van der Waals surface area (Å²) in [6.07, 6.45) is 1.32. The minimum atomic E-state index is -1.28. The van der Waals surface area contributed by atoms with E-state index in [4.69, 9.17) is 16.7 Å². The van der Waals surface area contributed by atoms with E-state index in [1.807, 2.05) is 0 Å². The van der Waals surface area contributed by atoms with Crippen molar-refractivity contribution in [2.75, 3.05) is 7.05 Å². The Kier molecular flexibility index (Phi) is 3.72. The molecule has 0 radical (unpaired) electrons. The number of hydrogen-bond acceptors (Lipinski definition) is 3. The molecular weight excluding hydrogens is 244 g/mol. The minimum absolute atomic E-state index is 0.279. The SMILES string of the molecule is CN(C(=O)c1ccc(Cl)nc1)C(C)(C)C(=O)O. The first-order chi connectivity index (χ1) is 7.76. The van der Waals surface area contributed by atoms with Crippen LogP contribution < -0.4 is 0 Å². The van der Waals surface area contributed by atoms with Crippen LogP contribution in [0.25, 0.3) is 0 Å². The molecule has 1 heterocycles. The maximum absolute atomic E-state index is 12.0. The lowest BCUT2D eigenvalue weighted by Gasteiger charge is -2.31. The first-order valence-electron chi connectivity index (χ1n) is 4.90. The van der Waals surface area contributed by atoms with Crippen LogP contribution in [0.3, 0.4) is 0 Å². The highest BCUT2D eigenvalue weighted by molar-refractivity contribution is 6.29. The minimum Gasteiger partial charge on any atom is -0.480 e. The van der Waals surface area contributed by atoms with Gasteiger partial charge in [-0.15, -0.1) is 0 Å². The number of halogens is 1. The van der Waals surface area contributed by atoms with Crippen molar-refractivity contribution in [2.24, 2.45) is 0 Å². The molecule has 0 aliphatic carbocycles. The molecular formula is C11H13ClN2O3. The number of hydrogen-bond donors (Lipinski definition) is 1. The number of pyridine rings is 1. The fraction of sp³-hybridized carbons (Fsp3) is 0.364. The van der Waals surface area contributed by atoms with Crippen molar-refractivity contribution >= 4 is 23.5 Å². The Labute approximate surface area is 104 Å². The highest BCUT2D eigenvalue weighted by atomic mass is 35.5. The number of carboxylic acid groups (broad SMARTS) is 1. The molecule has 5 nitrogen and oxygen atoms in total. The number of likely N-dealkylation sites (N-methyl/N-ethyl adjacent to an activating group) is 1. The molecule has 0 saturated carbocycles. The van der Waals surface area contributed by atoms with Crippen LogP contribution in [0.15, 0.2) is 18.3 Å². The zero-order valence-electron chi connectivity index (χ0n) is 9.77. The van der Waals surface area contributed by atoms with Crippen molar-refractivity contribution in [1.82, 2.24) is 9.88 Å². The van der Waals surface area contributed by atoms with E-state index in [1.165, 1.54) is 39.2 Å². The summed E-state index contributed by atoms with van der Waals surface area (Å²) in [5, 5.41) is 9.30. The lowest BCUT2D eigenvalue weighted by atomic mass is 10.0. The Bertz CT molecular complexity index is 443. The highest BCUT2D eigenvalue weighted by Crippen LogP contribution is 2.16. The smallest absolute Gasteiger partial charge is 0.329 e. The van der Waals surface area contributed by atoms with Crippen molar-refractivity contribution in [1.29, 1.82) is 0 Å². The first-order valence-corrected chi connectivity index (χ1v) is 5.27. The third-order valence-corrected chi connectivity index (χ3v) is 2.86. The molecule has 6 heteroatoms. The normalized spacial score (nSPS) is 11.1. The van der Waals surface area contributed by atoms with Gasteiger partial charge in [0, 0.05) is 13.2 Å². The van der Waals surface area contributed by atoms with Gasteiger partial charge >= 0.3 is 5.97 Å². The van der Waals surface area contributed by atoms with E-state index < -0.39 is 17.4 Å². The van der Waals surface area contributed by atoms with Gasteiger partial charge in [-0.1, -0.05) is 11.6 Å². The molecule has 0 fully saturated rings. The second kappa shape index (κ2) is 4.71. The van der Waals surface area contributed by atoms with Gasteiger partial charge in [0.15, 0.2) is 0 Å². The summed E-state index contributed by atoms with van der Waals surface area (Å²) in [6, 6.07) is 2.99.